The molecule has 112 valence electrons. The van der Waals surface area contributed by atoms with Crippen LogP contribution in [0.2, 0.25) is 0 Å². The van der Waals surface area contributed by atoms with Crippen LogP contribution >= 0.6 is 0 Å². The Morgan fingerprint density at radius 2 is 1.74 bits per heavy atom. The predicted molar refractivity (Wildman–Crippen MR) is 83.6 cm³/mol. The molecule has 4 aromatic rings. The van der Waals surface area contributed by atoms with Crippen LogP contribution in [0.15, 0.2) is 51.7 Å². The summed E-state index contributed by atoms with van der Waals surface area (Å²) in [6.45, 7) is 0.165. The average molecular weight is 308 g/mol. The van der Waals surface area contributed by atoms with E-state index in [0.717, 1.165) is 10.8 Å². The first-order valence-corrected chi connectivity index (χ1v) is 7.09. The van der Waals surface area contributed by atoms with Gasteiger partial charge in [-0.05, 0) is 35.7 Å². The monoisotopic (exact) mass is 308 g/mol. The van der Waals surface area contributed by atoms with Crippen molar-refractivity contribution in [2.45, 2.75) is 0 Å². The topological polar surface area (TPSA) is 48.7 Å². The maximum absolute atomic E-state index is 13.4. The largest absolute Gasteiger partial charge is 0.456 e. The first-order chi connectivity index (χ1) is 11.2. The van der Waals surface area contributed by atoms with Gasteiger partial charge in [0.15, 0.2) is 11.5 Å². The van der Waals surface area contributed by atoms with Gasteiger partial charge in [0.1, 0.15) is 17.0 Å². The van der Waals surface area contributed by atoms with E-state index in [0.29, 0.717) is 27.9 Å². The Labute approximate surface area is 128 Å². The summed E-state index contributed by atoms with van der Waals surface area (Å²) in [5, 5.41) is 2.44. The molecule has 0 N–H and O–H groups in total. The number of fused-ring (bicyclic) bond motifs is 5. The molecule has 1 aromatic heterocycles. The van der Waals surface area contributed by atoms with Crippen LogP contribution in [0.25, 0.3) is 32.7 Å². The van der Waals surface area contributed by atoms with Crippen LogP contribution < -0.4 is 14.9 Å². The second-order valence-corrected chi connectivity index (χ2v) is 5.44. The molecule has 0 spiro atoms. The van der Waals surface area contributed by atoms with Gasteiger partial charge in [0, 0.05) is 11.5 Å². The molecule has 0 unspecified atom stereocenters. The van der Waals surface area contributed by atoms with Crippen LogP contribution in [-0.4, -0.2) is 6.79 Å². The summed E-state index contributed by atoms with van der Waals surface area (Å²) in [6.07, 6.45) is 0. The van der Waals surface area contributed by atoms with Crippen LogP contribution in [0, 0.1) is 5.82 Å². The second-order valence-electron chi connectivity index (χ2n) is 5.44. The third kappa shape index (κ3) is 1.67. The molecule has 0 saturated carbocycles. The molecule has 0 amide bonds. The van der Waals surface area contributed by atoms with Crippen molar-refractivity contribution in [1.29, 1.82) is 0 Å². The van der Waals surface area contributed by atoms with Crippen molar-refractivity contribution in [2.24, 2.45) is 0 Å². The van der Waals surface area contributed by atoms with E-state index in [2.05, 4.69) is 0 Å². The standard InChI is InChI=1S/C18H9FO4/c19-10-2-3-11-16(6-10)23-15-5-9-1-4-14-18(22-8-21-14)12(9)7-13(15)17(11)20/h1-7H,8H2. The molecule has 5 heteroatoms. The van der Waals surface area contributed by atoms with Crippen molar-refractivity contribution in [3.05, 3.63) is 58.5 Å². The SMILES string of the molecule is O=c1c2ccc(F)cc2oc2cc3ccc4c(c3cc12)OCO4. The highest BCUT2D eigenvalue weighted by atomic mass is 19.1. The lowest BCUT2D eigenvalue weighted by Gasteiger charge is -2.06. The van der Waals surface area contributed by atoms with Gasteiger partial charge in [0.2, 0.25) is 12.2 Å². The molecule has 1 aliphatic rings. The highest BCUT2D eigenvalue weighted by Gasteiger charge is 2.18. The Balaban J connectivity index is 1.97. The summed E-state index contributed by atoms with van der Waals surface area (Å²) >= 11 is 0. The van der Waals surface area contributed by atoms with Gasteiger partial charge in [0.05, 0.1) is 10.8 Å². The smallest absolute Gasteiger partial charge is 0.231 e. The zero-order valence-electron chi connectivity index (χ0n) is 11.8. The van der Waals surface area contributed by atoms with Gasteiger partial charge < -0.3 is 13.9 Å². The molecule has 0 atom stereocenters. The first kappa shape index (κ1) is 12.5. The maximum atomic E-state index is 13.4. The molecule has 0 bridgehead atoms. The van der Waals surface area contributed by atoms with E-state index in [4.69, 9.17) is 13.9 Å². The van der Waals surface area contributed by atoms with Gasteiger partial charge in [-0.25, -0.2) is 4.39 Å². The van der Waals surface area contributed by atoms with Crippen LogP contribution in [0.5, 0.6) is 11.5 Å². The van der Waals surface area contributed by atoms with Crippen molar-refractivity contribution < 1.29 is 18.3 Å². The molecule has 5 rings (SSSR count). The maximum Gasteiger partial charge on any atom is 0.231 e. The third-order valence-corrected chi connectivity index (χ3v) is 4.10. The molecular formula is C18H9FO4. The van der Waals surface area contributed by atoms with Crippen LogP contribution in [0.4, 0.5) is 4.39 Å². The Hall–Kier alpha value is -3.08. The van der Waals surface area contributed by atoms with E-state index in [1.165, 1.54) is 18.2 Å². The quantitative estimate of drug-likeness (QED) is 0.461. The van der Waals surface area contributed by atoms with Crippen LogP contribution in [0.1, 0.15) is 0 Å². The fourth-order valence-corrected chi connectivity index (χ4v) is 3.01. The van der Waals surface area contributed by atoms with Crippen molar-refractivity contribution in [1.82, 2.24) is 0 Å². The predicted octanol–water partition coefficient (Wildman–Crippen LogP) is 3.97. The lowest BCUT2D eigenvalue weighted by molar-refractivity contribution is 0.175. The summed E-state index contributed by atoms with van der Waals surface area (Å²) in [7, 11) is 0. The number of halogens is 1. The summed E-state index contributed by atoms with van der Waals surface area (Å²) < 4.78 is 30.0. The number of hydrogen-bond acceptors (Lipinski definition) is 4. The van der Waals surface area contributed by atoms with Crippen molar-refractivity contribution in [3.8, 4) is 11.5 Å². The Morgan fingerprint density at radius 1 is 0.870 bits per heavy atom. The Morgan fingerprint density at radius 3 is 2.65 bits per heavy atom. The van der Waals surface area contributed by atoms with Gasteiger partial charge in [-0.15, -0.1) is 0 Å². The summed E-state index contributed by atoms with van der Waals surface area (Å²) in [6, 6.07) is 11.1. The van der Waals surface area contributed by atoms with Gasteiger partial charge >= 0.3 is 0 Å². The lowest BCUT2D eigenvalue weighted by Crippen LogP contribution is -2.02. The second kappa shape index (κ2) is 4.23. The zero-order chi connectivity index (χ0) is 15.6. The fourth-order valence-electron chi connectivity index (χ4n) is 3.01. The van der Waals surface area contributed by atoms with E-state index in [-0.39, 0.29) is 17.8 Å². The number of benzene rings is 3. The minimum absolute atomic E-state index is 0.165. The molecule has 4 nitrogen and oxygen atoms in total. The van der Waals surface area contributed by atoms with E-state index in [1.54, 1.807) is 12.1 Å². The summed E-state index contributed by atoms with van der Waals surface area (Å²) in [4.78, 5) is 12.7. The molecule has 3 aromatic carbocycles. The Kier molecular flexibility index (Phi) is 2.29. The zero-order valence-corrected chi connectivity index (χ0v) is 11.8. The van der Waals surface area contributed by atoms with Crippen LogP contribution in [0.3, 0.4) is 0 Å². The highest BCUT2D eigenvalue weighted by molar-refractivity contribution is 6.02. The molecule has 0 fully saturated rings. The molecule has 0 aliphatic carbocycles. The number of rotatable bonds is 0. The first-order valence-electron chi connectivity index (χ1n) is 7.09. The number of ether oxygens (including phenoxy) is 2. The van der Waals surface area contributed by atoms with Gasteiger partial charge in [0.25, 0.3) is 0 Å². The van der Waals surface area contributed by atoms with E-state index < -0.39 is 5.82 Å². The highest BCUT2D eigenvalue weighted by Crippen LogP contribution is 2.40. The van der Waals surface area contributed by atoms with Gasteiger partial charge in [-0.2, -0.15) is 0 Å². The normalized spacial score (nSPS) is 13.3. The molecule has 2 heterocycles. The van der Waals surface area contributed by atoms with E-state index >= 15 is 0 Å². The summed E-state index contributed by atoms with van der Waals surface area (Å²) in [5.74, 6) is 0.844. The van der Waals surface area contributed by atoms with Crippen molar-refractivity contribution in [3.63, 3.8) is 0 Å². The van der Waals surface area contributed by atoms with Gasteiger partial charge in [-0.1, -0.05) is 6.07 Å². The average Bonchev–Trinajstić information content (AvgIpc) is 3.02. The fraction of sp³-hybridized carbons (Fsp3) is 0.0556. The molecule has 1 aliphatic heterocycles. The molecule has 23 heavy (non-hydrogen) atoms. The van der Waals surface area contributed by atoms with Crippen molar-refractivity contribution >= 4 is 32.7 Å². The lowest BCUT2D eigenvalue weighted by atomic mass is 10.0. The molecule has 0 radical (unpaired) electrons. The third-order valence-electron chi connectivity index (χ3n) is 4.10. The van der Waals surface area contributed by atoms with Crippen molar-refractivity contribution in [2.75, 3.05) is 6.79 Å². The van der Waals surface area contributed by atoms with Crippen LogP contribution in [-0.2, 0) is 0 Å². The minimum Gasteiger partial charge on any atom is -0.456 e. The summed E-state index contributed by atoms with van der Waals surface area (Å²) in [5.41, 5.74) is 0.460. The molecule has 0 saturated heterocycles. The minimum atomic E-state index is -0.441. The van der Waals surface area contributed by atoms with Gasteiger partial charge in [-0.3, -0.25) is 4.79 Å². The molecular weight excluding hydrogens is 299 g/mol. The Bertz CT molecular complexity index is 1180. The number of hydrogen-bond donors (Lipinski definition) is 0. The van der Waals surface area contributed by atoms with E-state index in [1.807, 2.05) is 12.1 Å². The van der Waals surface area contributed by atoms with E-state index in [9.17, 15) is 9.18 Å².